The van der Waals surface area contributed by atoms with Crippen LogP contribution in [-0.2, 0) is 24.2 Å². The smallest absolute Gasteiger partial charge is 0.307 e. The van der Waals surface area contributed by atoms with Crippen LogP contribution in [-0.4, -0.2) is 34.6 Å². The third kappa shape index (κ3) is 2.51. The molecule has 1 aromatic carbocycles. The lowest BCUT2D eigenvalue weighted by Crippen LogP contribution is -2.29. The van der Waals surface area contributed by atoms with E-state index < -0.39 is 5.97 Å². The van der Waals surface area contributed by atoms with Crippen molar-refractivity contribution in [3.8, 4) is 0 Å². The molecular weight excluding hydrogens is 264 g/mol. The number of nitrogens with zero attached hydrogens (tertiary/aromatic N) is 2. The van der Waals surface area contributed by atoms with Gasteiger partial charge in [-0.05, 0) is 55.3 Å². The van der Waals surface area contributed by atoms with E-state index in [1.165, 1.54) is 11.1 Å². The Labute approximate surface area is 124 Å². The van der Waals surface area contributed by atoms with E-state index in [9.17, 15) is 9.90 Å². The fraction of sp³-hybridized carbons (Fsp3) is 0.412. The predicted octanol–water partition coefficient (Wildman–Crippen LogP) is 2.47. The van der Waals surface area contributed by atoms with Crippen molar-refractivity contribution in [3.63, 3.8) is 0 Å². The van der Waals surface area contributed by atoms with Crippen molar-refractivity contribution in [1.82, 2.24) is 9.88 Å². The number of fused-ring (bicyclic) bond motifs is 2. The summed E-state index contributed by atoms with van der Waals surface area (Å²) < 4.78 is 0. The third-order valence-electron chi connectivity index (χ3n) is 4.39. The van der Waals surface area contributed by atoms with Gasteiger partial charge in [0.1, 0.15) is 0 Å². The molecule has 2 aromatic rings. The quantitative estimate of drug-likeness (QED) is 0.920. The zero-order valence-corrected chi connectivity index (χ0v) is 12.7. The van der Waals surface area contributed by atoms with Crippen molar-refractivity contribution in [2.24, 2.45) is 0 Å². The van der Waals surface area contributed by atoms with E-state index >= 15 is 0 Å². The van der Waals surface area contributed by atoms with Gasteiger partial charge in [0.25, 0.3) is 0 Å². The first-order chi connectivity index (χ1) is 9.95. The fourth-order valence-electron chi connectivity index (χ4n) is 3.08. The minimum Gasteiger partial charge on any atom is -0.481 e. The molecule has 1 N–H and O–H groups in total. The van der Waals surface area contributed by atoms with E-state index in [4.69, 9.17) is 4.98 Å². The summed E-state index contributed by atoms with van der Waals surface area (Å²) in [6.45, 7) is 5.89. The average Bonchev–Trinajstić information content (AvgIpc) is 2.41. The van der Waals surface area contributed by atoms with E-state index in [0.717, 1.165) is 47.2 Å². The Morgan fingerprint density at radius 3 is 2.76 bits per heavy atom. The van der Waals surface area contributed by atoms with Gasteiger partial charge in [0, 0.05) is 30.6 Å². The Morgan fingerprint density at radius 2 is 2.05 bits per heavy atom. The second-order valence-electron chi connectivity index (χ2n) is 6.03. The SMILES string of the molecule is Cc1cc2nc3c(c(CC(=O)O)c2cc1C)CN(C)CC3. The number of hydrogen-bond donors (Lipinski definition) is 1. The zero-order chi connectivity index (χ0) is 15.1. The van der Waals surface area contributed by atoms with Gasteiger partial charge in [0.15, 0.2) is 0 Å². The molecule has 4 heteroatoms. The number of rotatable bonds is 2. The van der Waals surface area contributed by atoms with Crippen molar-refractivity contribution in [1.29, 1.82) is 0 Å². The molecule has 1 aliphatic heterocycles. The van der Waals surface area contributed by atoms with Gasteiger partial charge >= 0.3 is 5.97 Å². The molecule has 0 fully saturated rings. The summed E-state index contributed by atoms with van der Waals surface area (Å²) in [4.78, 5) is 18.3. The van der Waals surface area contributed by atoms with Crippen LogP contribution in [0.1, 0.15) is 27.9 Å². The van der Waals surface area contributed by atoms with E-state index in [1.807, 2.05) is 0 Å². The summed E-state index contributed by atoms with van der Waals surface area (Å²) in [5.74, 6) is -0.781. The van der Waals surface area contributed by atoms with Crippen molar-refractivity contribution in [2.75, 3.05) is 13.6 Å². The fourth-order valence-corrected chi connectivity index (χ4v) is 3.08. The second kappa shape index (κ2) is 5.11. The Bertz CT molecular complexity index is 737. The topological polar surface area (TPSA) is 53.4 Å². The third-order valence-corrected chi connectivity index (χ3v) is 4.39. The number of pyridine rings is 1. The maximum Gasteiger partial charge on any atom is 0.307 e. The molecule has 0 unspecified atom stereocenters. The van der Waals surface area contributed by atoms with Crippen LogP contribution >= 0.6 is 0 Å². The monoisotopic (exact) mass is 284 g/mol. The molecule has 3 rings (SSSR count). The van der Waals surface area contributed by atoms with Crippen molar-refractivity contribution >= 4 is 16.9 Å². The highest BCUT2D eigenvalue weighted by Gasteiger charge is 2.22. The van der Waals surface area contributed by atoms with Gasteiger partial charge in [-0.15, -0.1) is 0 Å². The van der Waals surface area contributed by atoms with Gasteiger partial charge in [-0.1, -0.05) is 0 Å². The van der Waals surface area contributed by atoms with Gasteiger partial charge in [-0.25, -0.2) is 0 Å². The van der Waals surface area contributed by atoms with Crippen LogP contribution in [0.3, 0.4) is 0 Å². The lowest BCUT2D eigenvalue weighted by Gasteiger charge is -2.27. The second-order valence-corrected chi connectivity index (χ2v) is 6.03. The molecule has 2 heterocycles. The Balaban J connectivity index is 2.31. The summed E-state index contributed by atoms with van der Waals surface area (Å²) in [5.41, 5.74) is 6.43. The molecule has 0 radical (unpaired) electrons. The molecule has 0 atom stereocenters. The highest BCUT2D eigenvalue weighted by Crippen LogP contribution is 2.29. The zero-order valence-electron chi connectivity index (χ0n) is 12.7. The highest BCUT2D eigenvalue weighted by molar-refractivity contribution is 5.88. The number of aliphatic carboxylic acids is 1. The first-order valence-corrected chi connectivity index (χ1v) is 7.27. The molecule has 21 heavy (non-hydrogen) atoms. The number of carboxylic acids is 1. The van der Waals surface area contributed by atoms with E-state index in [2.05, 4.69) is 37.9 Å². The highest BCUT2D eigenvalue weighted by atomic mass is 16.4. The van der Waals surface area contributed by atoms with Crippen LogP contribution in [0, 0.1) is 13.8 Å². The number of likely N-dealkylation sites (N-methyl/N-ethyl adjacent to an activating group) is 1. The van der Waals surface area contributed by atoms with Gasteiger partial charge < -0.3 is 10.0 Å². The first-order valence-electron chi connectivity index (χ1n) is 7.27. The number of aryl methyl sites for hydroxylation is 2. The number of carboxylic acid groups (broad SMARTS) is 1. The van der Waals surface area contributed by atoms with Crippen molar-refractivity contribution in [2.45, 2.75) is 33.2 Å². The van der Waals surface area contributed by atoms with Crippen LogP contribution < -0.4 is 0 Å². The minimum atomic E-state index is -0.781. The molecule has 0 amide bonds. The van der Waals surface area contributed by atoms with E-state index in [1.54, 1.807) is 0 Å². The molecular formula is C17H20N2O2. The van der Waals surface area contributed by atoms with Gasteiger partial charge in [0.05, 0.1) is 11.9 Å². The molecule has 4 nitrogen and oxygen atoms in total. The molecule has 110 valence electrons. The average molecular weight is 284 g/mol. The van der Waals surface area contributed by atoms with Gasteiger partial charge in [-0.2, -0.15) is 0 Å². The summed E-state index contributed by atoms with van der Waals surface area (Å²) in [5, 5.41) is 10.3. The normalized spacial score (nSPS) is 15.2. The van der Waals surface area contributed by atoms with Crippen LogP contribution in [0.25, 0.3) is 10.9 Å². The molecule has 0 saturated heterocycles. The standard InChI is InChI=1S/C17H20N2O2/c1-10-6-13-12(8-17(20)21)14-9-19(3)5-4-15(14)18-16(13)7-11(10)2/h6-7H,4-5,8-9H2,1-3H3,(H,20,21). The molecule has 1 aromatic heterocycles. The molecule has 0 saturated carbocycles. The molecule has 1 aliphatic rings. The van der Waals surface area contributed by atoms with Crippen LogP contribution in [0.4, 0.5) is 0 Å². The van der Waals surface area contributed by atoms with Crippen LogP contribution in [0.5, 0.6) is 0 Å². The van der Waals surface area contributed by atoms with Gasteiger partial charge in [0.2, 0.25) is 0 Å². The van der Waals surface area contributed by atoms with Gasteiger partial charge in [-0.3, -0.25) is 9.78 Å². The van der Waals surface area contributed by atoms with Crippen LogP contribution in [0.15, 0.2) is 12.1 Å². The lowest BCUT2D eigenvalue weighted by atomic mass is 9.92. The maximum atomic E-state index is 11.3. The maximum absolute atomic E-state index is 11.3. The summed E-state index contributed by atoms with van der Waals surface area (Å²) in [6.07, 6.45) is 0.957. The molecule has 0 aliphatic carbocycles. The summed E-state index contributed by atoms with van der Waals surface area (Å²) in [7, 11) is 2.07. The number of aromatic nitrogens is 1. The number of carbonyl (C=O) groups is 1. The summed E-state index contributed by atoms with van der Waals surface area (Å²) in [6, 6.07) is 4.17. The summed E-state index contributed by atoms with van der Waals surface area (Å²) >= 11 is 0. The number of benzene rings is 1. The first kappa shape index (κ1) is 14.0. The predicted molar refractivity (Wildman–Crippen MR) is 82.6 cm³/mol. The minimum absolute atomic E-state index is 0.0672. The Hall–Kier alpha value is -1.94. The molecule has 0 spiro atoms. The van der Waals surface area contributed by atoms with Crippen molar-refractivity contribution in [3.05, 3.63) is 40.1 Å². The Kier molecular flexibility index (Phi) is 3.41. The van der Waals surface area contributed by atoms with E-state index in [0.29, 0.717) is 0 Å². The Morgan fingerprint density at radius 1 is 1.33 bits per heavy atom. The van der Waals surface area contributed by atoms with Crippen LogP contribution in [0.2, 0.25) is 0 Å². The largest absolute Gasteiger partial charge is 0.481 e. The number of hydrogen-bond acceptors (Lipinski definition) is 3. The molecule has 0 bridgehead atoms. The lowest BCUT2D eigenvalue weighted by molar-refractivity contribution is -0.136. The van der Waals surface area contributed by atoms with Crippen molar-refractivity contribution < 1.29 is 9.90 Å². The van der Waals surface area contributed by atoms with E-state index in [-0.39, 0.29) is 6.42 Å².